The van der Waals surface area contributed by atoms with E-state index in [1.807, 2.05) is 12.1 Å². The van der Waals surface area contributed by atoms with Gasteiger partial charge in [-0.05, 0) is 48.7 Å². The van der Waals surface area contributed by atoms with Crippen molar-refractivity contribution in [1.82, 2.24) is 9.88 Å². The minimum Gasteiger partial charge on any atom is -0.387 e. The number of aryl methyl sites for hydroxylation is 1. The van der Waals surface area contributed by atoms with Crippen LogP contribution >= 0.6 is 11.8 Å². The molecule has 0 spiro atoms. The molecule has 0 aliphatic carbocycles. The van der Waals surface area contributed by atoms with Crippen LogP contribution in [0.4, 0.5) is 11.4 Å². The minimum absolute atomic E-state index is 0.0404. The van der Waals surface area contributed by atoms with Crippen LogP contribution in [0.5, 0.6) is 0 Å². The van der Waals surface area contributed by atoms with E-state index in [1.54, 1.807) is 62.4 Å². The number of nitrogens with two attached hydrogens (primary N) is 1. The summed E-state index contributed by atoms with van der Waals surface area (Å²) in [6.07, 6.45) is 0. The molecule has 0 saturated heterocycles. The van der Waals surface area contributed by atoms with E-state index < -0.39 is 21.6 Å². The number of sulfonamides is 1. The predicted molar refractivity (Wildman–Crippen MR) is 143 cm³/mol. The maximum absolute atomic E-state index is 13.3. The van der Waals surface area contributed by atoms with Gasteiger partial charge in [0.2, 0.25) is 15.9 Å². The van der Waals surface area contributed by atoms with Gasteiger partial charge in [-0.1, -0.05) is 42.5 Å². The van der Waals surface area contributed by atoms with Crippen molar-refractivity contribution in [3.05, 3.63) is 87.7 Å². The number of pyridine rings is 1. The fraction of sp³-hybridized carbons (Fsp3) is 0.240. The van der Waals surface area contributed by atoms with Crippen LogP contribution in [0.25, 0.3) is 0 Å². The Morgan fingerprint density at radius 2 is 1.83 bits per heavy atom. The molecule has 3 aromatic rings. The molecule has 36 heavy (non-hydrogen) atoms. The Hall–Kier alpha value is -3.57. The van der Waals surface area contributed by atoms with Gasteiger partial charge >= 0.3 is 0 Å². The number of amidine groups is 1. The number of thioether (sulfide) groups is 1. The molecule has 9 nitrogen and oxygen atoms in total. The third-order valence-corrected chi connectivity index (χ3v) is 7.89. The fourth-order valence-electron chi connectivity index (χ4n) is 3.86. The van der Waals surface area contributed by atoms with Gasteiger partial charge < -0.3 is 11.1 Å². The van der Waals surface area contributed by atoms with Gasteiger partial charge in [-0.3, -0.25) is 18.9 Å². The van der Waals surface area contributed by atoms with E-state index in [0.717, 1.165) is 11.3 Å². The first-order chi connectivity index (χ1) is 17.1. The number of amides is 1. The average Bonchev–Trinajstić information content (AvgIpc) is 3.25. The van der Waals surface area contributed by atoms with E-state index in [9.17, 15) is 18.0 Å². The number of hydrogen-bond donors (Lipinski definition) is 3. The van der Waals surface area contributed by atoms with Crippen molar-refractivity contribution in [2.75, 3.05) is 10.5 Å². The summed E-state index contributed by atoms with van der Waals surface area (Å²) < 4.78 is 29.4. The lowest BCUT2D eigenvalue weighted by atomic mass is 10.2. The summed E-state index contributed by atoms with van der Waals surface area (Å²) in [5.74, 6) is 0.257. The first kappa shape index (κ1) is 25.5. The number of carbonyl (C=O) groups excluding carboxylic acids is 1. The predicted octanol–water partition coefficient (Wildman–Crippen LogP) is 3.07. The molecule has 0 fully saturated rings. The summed E-state index contributed by atoms with van der Waals surface area (Å²) in [5, 5.41) is 3.50. The van der Waals surface area contributed by atoms with Gasteiger partial charge in [-0.25, -0.2) is 13.4 Å². The maximum Gasteiger partial charge on any atom is 0.276 e. The second kappa shape index (κ2) is 10.6. The Balaban J connectivity index is 1.50. The van der Waals surface area contributed by atoms with Crippen LogP contribution in [0.2, 0.25) is 0 Å². The number of aromatic nitrogens is 1. The number of nitrogens with zero attached hydrogens (tertiary/aromatic N) is 2. The number of rotatable bonds is 8. The van der Waals surface area contributed by atoms with Crippen LogP contribution in [0.1, 0.15) is 29.7 Å². The molecule has 1 aromatic heterocycles. The number of hydrogen-bond acceptors (Lipinski definition) is 6. The largest absolute Gasteiger partial charge is 0.387 e. The zero-order chi connectivity index (χ0) is 25.9. The van der Waals surface area contributed by atoms with Gasteiger partial charge in [0, 0.05) is 12.3 Å². The lowest BCUT2D eigenvalue weighted by molar-refractivity contribution is -0.124. The zero-order valence-corrected chi connectivity index (χ0v) is 21.5. The number of nitrogens with one attached hydrogen (secondary N) is 2. The Bertz CT molecular complexity index is 1460. The van der Waals surface area contributed by atoms with Gasteiger partial charge in [0.05, 0.1) is 22.3 Å². The normalized spacial score (nSPS) is 15.4. The van der Waals surface area contributed by atoms with E-state index in [0.29, 0.717) is 27.7 Å². The van der Waals surface area contributed by atoms with Crippen molar-refractivity contribution in [1.29, 1.82) is 0 Å². The molecule has 0 saturated carbocycles. The van der Waals surface area contributed by atoms with Gasteiger partial charge in [0.1, 0.15) is 11.7 Å². The van der Waals surface area contributed by atoms with Gasteiger partial charge in [-0.15, -0.1) is 11.8 Å². The lowest BCUT2D eigenvalue weighted by Crippen LogP contribution is -2.37. The molecule has 1 aliphatic rings. The second-order valence-electron chi connectivity index (χ2n) is 8.53. The molecule has 4 rings (SSSR count). The number of carbonyl (C=O) groups is 1. The summed E-state index contributed by atoms with van der Waals surface area (Å²) in [5.41, 5.74) is 7.72. The van der Waals surface area contributed by atoms with Crippen LogP contribution < -0.4 is 21.3 Å². The Morgan fingerprint density at radius 3 is 2.50 bits per heavy atom. The summed E-state index contributed by atoms with van der Waals surface area (Å²) >= 11 is 1.39. The van der Waals surface area contributed by atoms with Crippen molar-refractivity contribution in [3.63, 3.8) is 0 Å². The molecule has 0 unspecified atom stereocenters. The Labute approximate surface area is 213 Å². The molecule has 0 bridgehead atoms. The van der Waals surface area contributed by atoms with Crippen LogP contribution in [-0.4, -0.2) is 30.5 Å². The van der Waals surface area contributed by atoms with Crippen molar-refractivity contribution in [2.45, 2.75) is 37.2 Å². The summed E-state index contributed by atoms with van der Waals surface area (Å²) in [6.45, 7) is 3.66. The van der Waals surface area contributed by atoms with E-state index in [1.165, 1.54) is 16.3 Å². The number of benzene rings is 2. The molecule has 1 atom stereocenters. The smallest absolute Gasteiger partial charge is 0.276 e. The minimum atomic E-state index is -3.83. The maximum atomic E-state index is 13.3. The molecule has 0 radical (unpaired) electrons. The van der Waals surface area contributed by atoms with E-state index in [4.69, 9.17) is 5.73 Å². The van der Waals surface area contributed by atoms with E-state index in [-0.39, 0.29) is 23.9 Å². The highest BCUT2D eigenvalue weighted by Crippen LogP contribution is 2.34. The number of fused-ring (bicyclic) bond motifs is 1. The van der Waals surface area contributed by atoms with Gasteiger partial charge in [0.15, 0.2) is 0 Å². The summed E-state index contributed by atoms with van der Waals surface area (Å²) in [4.78, 5) is 30.5. The highest BCUT2D eigenvalue weighted by Gasteiger charge is 2.32. The third kappa shape index (κ3) is 5.97. The SMILES string of the molecule is CC(N)=Nc1ccc(CNC(=O)[C@H]2CSc3cc(C)c(NS(=O)(=O)Cc4ccccc4)c(=O)n32)cc1. The number of aliphatic imine (C=N–C) groups is 1. The first-order valence-electron chi connectivity index (χ1n) is 11.2. The highest BCUT2D eigenvalue weighted by molar-refractivity contribution is 7.99. The molecule has 1 amide bonds. The van der Waals surface area contributed by atoms with Crippen LogP contribution in [0.15, 0.2) is 75.5 Å². The summed E-state index contributed by atoms with van der Waals surface area (Å²) in [7, 11) is -3.83. The standard InChI is InChI=1S/C25H27N5O4S2/c1-16-12-22-30(25(32)23(16)29-36(33,34)15-19-6-4-3-5-7-19)21(14-35-22)24(31)27-13-18-8-10-20(11-9-18)28-17(2)26/h3-12,21,29H,13-15H2,1-2H3,(H2,26,28)(H,27,31)/t21-/m1/s1. The van der Waals surface area contributed by atoms with Gasteiger partial charge in [0.25, 0.3) is 5.56 Å². The van der Waals surface area contributed by atoms with Crippen LogP contribution in [-0.2, 0) is 27.1 Å². The van der Waals surface area contributed by atoms with Crippen molar-refractivity contribution >= 4 is 44.9 Å². The van der Waals surface area contributed by atoms with E-state index in [2.05, 4.69) is 15.0 Å². The topological polar surface area (TPSA) is 136 Å². The highest BCUT2D eigenvalue weighted by atomic mass is 32.2. The van der Waals surface area contributed by atoms with Crippen molar-refractivity contribution < 1.29 is 13.2 Å². The quantitative estimate of drug-likeness (QED) is 0.306. The van der Waals surface area contributed by atoms with Crippen molar-refractivity contribution in [2.24, 2.45) is 10.7 Å². The Kier molecular flexibility index (Phi) is 7.51. The Morgan fingerprint density at radius 1 is 1.14 bits per heavy atom. The molecular formula is C25H27N5O4S2. The second-order valence-corrected chi connectivity index (χ2v) is 11.3. The monoisotopic (exact) mass is 525 g/mol. The molecule has 11 heteroatoms. The van der Waals surface area contributed by atoms with Gasteiger partial charge in [-0.2, -0.15) is 0 Å². The zero-order valence-electron chi connectivity index (χ0n) is 19.9. The molecule has 1 aliphatic heterocycles. The van der Waals surface area contributed by atoms with Crippen LogP contribution in [0.3, 0.4) is 0 Å². The number of anilines is 1. The van der Waals surface area contributed by atoms with E-state index >= 15 is 0 Å². The molecule has 188 valence electrons. The van der Waals surface area contributed by atoms with Crippen LogP contribution in [0, 0.1) is 6.92 Å². The molecule has 2 heterocycles. The third-order valence-electron chi connectivity index (χ3n) is 5.57. The molecule has 4 N–H and O–H groups in total. The first-order valence-corrected chi connectivity index (χ1v) is 13.9. The summed E-state index contributed by atoms with van der Waals surface area (Å²) in [6, 6.07) is 17.0. The average molecular weight is 526 g/mol. The lowest BCUT2D eigenvalue weighted by Gasteiger charge is -2.17. The molecular weight excluding hydrogens is 498 g/mol. The fourth-order valence-corrected chi connectivity index (χ4v) is 6.36. The molecule has 2 aromatic carbocycles. The van der Waals surface area contributed by atoms with Crippen molar-refractivity contribution in [3.8, 4) is 0 Å².